The van der Waals surface area contributed by atoms with Crippen molar-refractivity contribution in [3.8, 4) is 0 Å². The first-order valence-corrected chi connectivity index (χ1v) is 25.5. The molecule has 0 aromatic heterocycles. The topological polar surface area (TPSA) is 78.9 Å². The molecule has 0 spiro atoms. The smallest absolute Gasteiger partial charge is 0.306 e. The van der Waals surface area contributed by atoms with Crippen LogP contribution < -0.4 is 0 Å². The highest BCUT2D eigenvalue weighted by Crippen LogP contribution is 2.60. The molecule has 6 nitrogen and oxygen atoms in total. The number of fused-ring (bicyclic) bond motifs is 1. The summed E-state index contributed by atoms with van der Waals surface area (Å²) >= 11 is 0. The van der Waals surface area contributed by atoms with E-state index in [-0.39, 0.29) is 29.4 Å². The molecule has 0 aromatic carbocycles. The van der Waals surface area contributed by atoms with Crippen molar-refractivity contribution in [1.82, 2.24) is 0 Å². The molecule has 0 unspecified atom stereocenters. The Bertz CT molecular complexity index is 1340. The minimum atomic E-state index is -0.468. The number of rotatable bonds is 30. The monoisotopic (exact) mass is 837 g/mol. The van der Waals surface area contributed by atoms with Gasteiger partial charge in [0.25, 0.3) is 0 Å². The van der Waals surface area contributed by atoms with Crippen LogP contribution in [0.3, 0.4) is 0 Å². The molecule has 3 rings (SSSR count). The molecular formula is C54H92O6. The van der Waals surface area contributed by atoms with Crippen molar-refractivity contribution < 1.29 is 28.6 Å². The van der Waals surface area contributed by atoms with Gasteiger partial charge < -0.3 is 14.2 Å². The van der Waals surface area contributed by atoms with Crippen molar-refractivity contribution in [3.05, 3.63) is 35.5 Å². The van der Waals surface area contributed by atoms with E-state index < -0.39 is 11.7 Å². The lowest BCUT2D eigenvalue weighted by Crippen LogP contribution is -2.36. The quantitative estimate of drug-likeness (QED) is 0.0407. The molecule has 0 aliphatic heterocycles. The van der Waals surface area contributed by atoms with Crippen molar-refractivity contribution in [2.24, 2.45) is 23.2 Å². The summed E-state index contributed by atoms with van der Waals surface area (Å²) in [6, 6.07) is 0. The molecule has 0 bridgehead atoms. The SMILES string of the molecule is C=C1/C(=C\C=C2/CCC[C@]3(C)[C@@H]([C@H](C)CCCC(C)(C)OC(=O)CCCCCCCC)CC[C@@H]23)C[C@@H](OC(=O)CCCCCCCC)C[C@@H]1OC(=O)CCCCCCCC. The van der Waals surface area contributed by atoms with Crippen LogP contribution in [0.15, 0.2) is 35.5 Å². The molecule has 344 valence electrons. The lowest BCUT2D eigenvalue weighted by atomic mass is 9.60. The molecule has 6 atom stereocenters. The fourth-order valence-electron chi connectivity index (χ4n) is 10.9. The van der Waals surface area contributed by atoms with Crippen LogP contribution in [0.1, 0.15) is 248 Å². The Kier molecular flexibility index (Phi) is 24.6. The highest BCUT2D eigenvalue weighted by Gasteiger charge is 2.50. The Morgan fingerprint density at radius 1 is 0.733 bits per heavy atom. The van der Waals surface area contributed by atoms with Crippen LogP contribution in [0.4, 0.5) is 0 Å². The van der Waals surface area contributed by atoms with Gasteiger partial charge in [0.2, 0.25) is 0 Å². The third-order valence-electron chi connectivity index (χ3n) is 14.6. The molecule has 3 saturated carbocycles. The lowest BCUT2D eigenvalue weighted by Gasteiger charge is -2.44. The Morgan fingerprint density at radius 2 is 1.27 bits per heavy atom. The van der Waals surface area contributed by atoms with Crippen LogP contribution in [0.5, 0.6) is 0 Å². The fourth-order valence-corrected chi connectivity index (χ4v) is 10.9. The van der Waals surface area contributed by atoms with Gasteiger partial charge in [-0.25, -0.2) is 0 Å². The highest BCUT2D eigenvalue weighted by atomic mass is 16.6. The zero-order valence-corrected chi connectivity index (χ0v) is 40.1. The Morgan fingerprint density at radius 3 is 1.85 bits per heavy atom. The second-order valence-electron chi connectivity index (χ2n) is 20.2. The van der Waals surface area contributed by atoms with E-state index in [1.807, 2.05) is 0 Å². The normalized spacial score (nSPS) is 25.0. The first-order valence-electron chi connectivity index (χ1n) is 25.5. The summed E-state index contributed by atoms with van der Waals surface area (Å²) < 4.78 is 18.2. The summed E-state index contributed by atoms with van der Waals surface area (Å²) in [4.78, 5) is 38.8. The van der Waals surface area contributed by atoms with E-state index in [2.05, 4.69) is 67.2 Å². The Labute approximate surface area is 369 Å². The van der Waals surface area contributed by atoms with E-state index >= 15 is 0 Å². The van der Waals surface area contributed by atoms with Crippen molar-refractivity contribution >= 4 is 17.9 Å². The van der Waals surface area contributed by atoms with E-state index in [4.69, 9.17) is 14.2 Å². The third kappa shape index (κ3) is 18.5. The van der Waals surface area contributed by atoms with E-state index in [1.54, 1.807) is 0 Å². The van der Waals surface area contributed by atoms with Crippen LogP contribution >= 0.6 is 0 Å². The number of carbonyl (C=O) groups is 3. The maximum Gasteiger partial charge on any atom is 0.306 e. The zero-order valence-electron chi connectivity index (χ0n) is 40.1. The molecule has 0 radical (unpaired) electrons. The van der Waals surface area contributed by atoms with E-state index in [1.165, 1.54) is 102 Å². The predicted molar refractivity (Wildman–Crippen MR) is 250 cm³/mol. The number of esters is 3. The third-order valence-corrected chi connectivity index (χ3v) is 14.6. The minimum absolute atomic E-state index is 0.0388. The summed E-state index contributed by atoms with van der Waals surface area (Å²) in [5, 5.41) is 0. The van der Waals surface area contributed by atoms with Gasteiger partial charge in [0.15, 0.2) is 0 Å². The number of ether oxygens (including phenoxy) is 3. The van der Waals surface area contributed by atoms with Crippen molar-refractivity contribution in [2.75, 3.05) is 0 Å². The van der Waals surface area contributed by atoms with Crippen molar-refractivity contribution in [2.45, 2.75) is 265 Å². The first-order chi connectivity index (χ1) is 28.8. The summed E-state index contributed by atoms with van der Waals surface area (Å²) in [7, 11) is 0. The number of allylic oxidation sites excluding steroid dienone is 3. The van der Waals surface area contributed by atoms with E-state index in [9.17, 15) is 14.4 Å². The number of hydrogen-bond acceptors (Lipinski definition) is 6. The molecule has 3 aliphatic rings. The lowest BCUT2D eigenvalue weighted by molar-refractivity contribution is -0.158. The summed E-state index contributed by atoms with van der Waals surface area (Å²) in [5.41, 5.74) is 3.30. The molecule has 3 aliphatic carbocycles. The van der Waals surface area contributed by atoms with Crippen LogP contribution in [0.25, 0.3) is 0 Å². The van der Waals surface area contributed by atoms with Gasteiger partial charge in [0.1, 0.15) is 17.8 Å². The molecule has 60 heavy (non-hydrogen) atoms. The van der Waals surface area contributed by atoms with Gasteiger partial charge >= 0.3 is 17.9 Å². The molecule has 0 heterocycles. The van der Waals surface area contributed by atoms with Gasteiger partial charge in [-0.1, -0.05) is 162 Å². The predicted octanol–water partition coefficient (Wildman–Crippen LogP) is 15.6. The van der Waals surface area contributed by atoms with Crippen LogP contribution in [-0.4, -0.2) is 35.7 Å². The van der Waals surface area contributed by atoms with Gasteiger partial charge in [0, 0.05) is 32.1 Å². The number of hydrogen-bond donors (Lipinski definition) is 0. The Hall–Kier alpha value is -2.37. The molecule has 3 fully saturated rings. The standard InChI is InChI=1S/C54H92O6/c1-9-12-15-18-21-24-31-50(55)58-46-40-45(43(5)49(41-46)59-51(56)32-25-22-19-16-13-10-2)35-34-44-30-28-39-54(8)47(36-37-48(44)54)42(4)29-27-38-53(6,7)60-52(57)33-26-23-20-17-14-11-3/h34-35,42,46-49H,5,9-33,36-41H2,1-4,6-8H3/b44-34+,45-35-/t42-,46-,47-,48+,49+,54-/m1/s1. The van der Waals surface area contributed by atoms with Gasteiger partial charge in [-0.2, -0.15) is 0 Å². The number of carbonyl (C=O) groups excluding carboxylic acids is 3. The van der Waals surface area contributed by atoms with Gasteiger partial charge in [-0.15, -0.1) is 0 Å². The van der Waals surface area contributed by atoms with Crippen LogP contribution in [0.2, 0.25) is 0 Å². The molecule has 0 amide bonds. The van der Waals surface area contributed by atoms with E-state index in [0.717, 1.165) is 81.8 Å². The average Bonchev–Trinajstić information content (AvgIpc) is 3.56. The molecule has 0 aromatic rings. The summed E-state index contributed by atoms with van der Waals surface area (Å²) in [6.07, 6.45) is 36.1. The first kappa shape index (κ1) is 52.0. The highest BCUT2D eigenvalue weighted by molar-refractivity contribution is 5.71. The van der Waals surface area contributed by atoms with E-state index in [0.29, 0.717) is 49.9 Å². The van der Waals surface area contributed by atoms with Crippen molar-refractivity contribution in [3.63, 3.8) is 0 Å². The largest absolute Gasteiger partial charge is 0.462 e. The van der Waals surface area contributed by atoms with Gasteiger partial charge in [-0.05, 0) is 112 Å². The maximum atomic E-state index is 13.1. The molecule has 0 N–H and O–H groups in total. The van der Waals surface area contributed by atoms with Crippen LogP contribution in [0, 0.1) is 23.2 Å². The molecular weight excluding hydrogens is 745 g/mol. The van der Waals surface area contributed by atoms with Gasteiger partial charge in [0.05, 0.1) is 0 Å². The Balaban J connectivity index is 1.61. The fraction of sp³-hybridized carbons (Fsp3) is 0.833. The molecule has 6 heteroatoms. The van der Waals surface area contributed by atoms with Crippen molar-refractivity contribution in [1.29, 1.82) is 0 Å². The summed E-state index contributed by atoms with van der Waals surface area (Å²) in [5.74, 6) is 1.50. The second kappa shape index (κ2) is 28.3. The zero-order chi connectivity index (χ0) is 43.8. The summed E-state index contributed by atoms with van der Waals surface area (Å²) in [6.45, 7) is 20.3. The minimum Gasteiger partial charge on any atom is -0.462 e. The number of unbranched alkanes of at least 4 members (excludes halogenated alkanes) is 15. The van der Waals surface area contributed by atoms with Gasteiger partial charge in [-0.3, -0.25) is 14.4 Å². The van der Waals surface area contributed by atoms with Crippen LogP contribution in [-0.2, 0) is 28.6 Å². The average molecular weight is 837 g/mol. The second-order valence-corrected chi connectivity index (χ2v) is 20.2. The maximum absolute atomic E-state index is 13.1. The molecule has 0 saturated heterocycles.